The van der Waals surface area contributed by atoms with Gasteiger partial charge < -0.3 is 9.42 Å². The SMILES string of the molecule is Cc1cc(C(=O)N2CCC(Cl)CC2)on1. The Labute approximate surface area is 93.2 Å². The minimum Gasteiger partial charge on any atom is -0.351 e. The first-order valence-electron chi connectivity index (χ1n) is 5.03. The minimum absolute atomic E-state index is 0.0841. The maximum absolute atomic E-state index is 11.9. The third-order valence-electron chi connectivity index (χ3n) is 2.55. The van der Waals surface area contributed by atoms with E-state index in [9.17, 15) is 4.79 Å². The van der Waals surface area contributed by atoms with Gasteiger partial charge in [-0.3, -0.25) is 4.79 Å². The molecule has 0 saturated carbocycles. The molecule has 1 aliphatic heterocycles. The normalized spacial score (nSPS) is 18.1. The van der Waals surface area contributed by atoms with E-state index in [2.05, 4.69) is 5.16 Å². The van der Waals surface area contributed by atoms with E-state index in [1.54, 1.807) is 17.9 Å². The van der Waals surface area contributed by atoms with Gasteiger partial charge in [0.05, 0.1) is 5.69 Å². The molecule has 15 heavy (non-hydrogen) atoms. The molecule has 1 aliphatic rings. The molecular formula is C10H13ClN2O2. The maximum Gasteiger partial charge on any atom is 0.292 e. The fraction of sp³-hybridized carbons (Fsp3) is 0.600. The zero-order valence-electron chi connectivity index (χ0n) is 8.57. The Hall–Kier alpha value is -1.03. The number of carbonyl (C=O) groups excluding carboxylic acids is 1. The van der Waals surface area contributed by atoms with Crippen LogP contribution in [0.15, 0.2) is 10.6 Å². The highest BCUT2D eigenvalue weighted by Gasteiger charge is 2.24. The van der Waals surface area contributed by atoms with Gasteiger partial charge in [0.2, 0.25) is 5.76 Å². The fourth-order valence-corrected chi connectivity index (χ4v) is 1.87. The Morgan fingerprint density at radius 1 is 1.60 bits per heavy atom. The Balaban J connectivity index is 2.02. The molecule has 4 nitrogen and oxygen atoms in total. The number of alkyl halides is 1. The quantitative estimate of drug-likeness (QED) is 0.689. The largest absolute Gasteiger partial charge is 0.351 e. The van der Waals surface area contributed by atoms with Crippen molar-refractivity contribution >= 4 is 17.5 Å². The van der Waals surface area contributed by atoms with Crippen molar-refractivity contribution in [3.63, 3.8) is 0 Å². The molecule has 1 fully saturated rings. The summed E-state index contributed by atoms with van der Waals surface area (Å²) in [5, 5.41) is 3.90. The van der Waals surface area contributed by atoms with Crippen molar-refractivity contribution in [3.05, 3.63) is 17.5 Å². The number of aromatic nitrogens is 1. The molecule has 5 heteroatoms. The van der Waals surface area contributed by atoms with Crippen molar-refractivity contribution in [3.8, 4) is 0 Å². The second-order valence-electron chi connectivity index (χ2n) is 3.80. The summed E-state index contributed by atoms with van der Waals surface area (Å²) in [6.45, 7) is 3.20. The van der Waals surface area contributed by atoms with E-state index in [0.717, 1.165) is 18.5 Å². The molecule has 2 rings (SSSR count). The van der Waals surface area contributed by atoms with Gasteiger partial charge in [-0.1, -0.05) is 5.16 Å². The van der Waals surface area contributed by atoms with Crippen molar-refractivity contribution in [2.45, 2.75) is 25.1 Å². The van der Waals surface area contributed by atoms with Gasteiger partial charge in [0.25, 0.3) is 5.91 Å². The van der Waals surface area contributed by atoms with Gasteiger partial charge in [0.15, 0.2) is 0 Å². The first-order valence-corrected chi connectivity index (χ1v) is 5.47. The number of rotatable bonds is 1. The van der Waals surface area contributed by atoms with E-state index in [1.165, 1.54) is 0 Å². The van der Waals surface area contributed by atoms with Crippen molar-refractivity contribution in [2.75, 3.05) is 13.1 Å². The van der Waals surface area contributed by atoms with Crippen molar-refractivity contribution in [1.82, 2.24) is 10.1 Å². The van der Waals surface area contributed by atoms with E-state index in [4.69, 9.17) is 16.1 Å². The van der Waals surface area contributed by atoms with Crippen LogP contribution >= 0.6 is 11.6 Å². The minimum atomic E-state index is -0.0841. The van der Waals surface area contributed by atoms with E-state index < -0.39 is 0 Å². The molecule has 1 aromatic rings. The molecule has 0 unspecified atom stereocenters. The highest BCUT2D eigenvalue weighted by Crippen LogP contribution is 2.17. The second-order valence-corrected chi connectivity index (χ2v) is 4.42. The lowest BCUT2D eigenvalue weighted by atomic mass is 10.1. The molecule has 0 aromatic carbocycles. The number of amides is 1. The van der Waals surface area contributed by atoms with E-state index in [0.29, 0.717) is 18.8 Å². The van der Waals surface area contributed by atoms with Crippen LogP contribution in [0.4, 0.5) is 0 Å². The summed E-state index contributed by atoms with van der Waals surface area (Å²) in [5.41, 5.74) is 0.727. The van der Waals surface area contributed by atoms with Crippen LogP contribution in [-0.2, 0) is 0 Å². The summed E-state index contributed by atoms with van der Waals surface area (Å²) < 4.78 is 4.93. The van der Waals surface area contributed by atoms with Gasteiger partial charge >= 0.3 is 0 Å². The standard InChI is InChI=1S/C10H13ClN2O2/c1-7-6-9(15-12-7)10(14)13-4-2-8(11)3-5-13/h6,8H,2-5H2,1H3. The Morgan fingerprint density at radius 2 is 2.27 bits per heavy atom. The Kier molecular flexibility index (Phi) is 2.95. The molecule has 82 valence electrons. The summed E-state index contributed by atoms with van der Waals surface area (Å²) in [7, 11) is 0. The van der Waals surface area contributed by atoms with Gasteiger partial charge in [-0.05, 0) is 19.8 Å². The molecule has 1 aromatic heterocycles. The van der Waals surface area contributed by atoms with Crippen LogP contribution in [0.3, 0.4) is 0 Å². The number of likely N-dealkylation sites (tertiary alicyclic amines) is 1. The van der Waals surface area contributed by atoms with Crippen LogP contribution in [0, 0.1) is 6.92 Å². The first-order chi connectivity index (χ1) is 7.16. The topological polar surface area (TPSA) is 46.3 Å². The number of piperidine rings is 1. The first kappa shape index (κ1) is 10.5. The lowest BCUT2D eigenvalue weighted by Crippen LogP contribution is -2.38. The highest BCUT2D eigenvalue weighted by atomic mass is 35.5. The molecule has 0 aliphatic carbocycles. The molecule has 0 spiro atoms. The summed E-state index contributed by atoms with van der Waals surface area (Å²) in [6.07, 6.45) is 1.70. The molecule has 1 amide bonds. The third kappa shape index (κ3) is 2.31. The van der Waals surface area contributed by atoms with Gasteiger partial charge in [0, 0.05) is 24.5 Å². The van der Waals surface area contributed by atoms with Crippen LogP contribution in [0.5, 0.6) is 0 Å². The summed E-state index contributed by atoms with van der Waals surface area (Å²) in [6, 6.07) is 1.66. The van der Waals surface area contributed by atoms with Gasteiger partial charge in [-0.25, -0.2) is 0 Å². The molecule has 0 N–H and O–H groups in total. The van der Waals surface area contributed by atoms with Gasteiger partial charge in [0.1, 0.15) is 0 Å². The van der Waals surface area contributed by atoms with Crippen molar-refractivity contribution in [2.24, 2.45) is 0 Å². The second kappa shape index (κ2) is 4.23. The smallest absolute Gasteiger partial charge is 0.292 e. The molecule has 0 atom stereocenters. The number of hydrogen-bond acceptors (Lipinski definition) is 3. The summed E-state index contributed by atoms with van der Waals surface area (Å²) >= 11 is 5.96. The highest BCUT2D eigenvalue weighted by molar-refractivity contribution is 6.20. The number of hydrogen-bond donors (Lipinski definition) is 0. The molecule has 2 heterocycles. The van der Waals surface area contributed by atoms with Crippen molar-refractivity contribution in [1.29, 1.82) is 0 Å². The predicted molar refractivity (Wildman–Crippen MR) is 56.0 cm³/mol. The van der Waals surface area contributed by atoms with E-state index in [1.807, 2.05) is 0 Å². The number of halogens is 1. The Bertz CT molecular complexity index is 356. The number of nitrogens with zero attached hydrogens (tertiary/aromatic N) is 2. The van der Waals surface area contributed by atoms with E-state index in [-0.39, 0.29) is 11.3 Å². The van der Waals surface area contributed by atoms with Gasteiger partial charge in [-0.15, -0.1) is 11.6 Å². The number of carbonyl (C=O) groups is 1. The molecular weight excluding hydrogens is 216 g/mol. The third-order valence-corrected chi connectivity index (χ3v) is 2.99. The van der Waals surface area contributed by atoms with Crippen LogP contribution in [0.2, 0.25) is 0 Å². The summed E-state index contributed by atoms with van der Waals surface area (Å²) in [4.78, 5) is 13.6. The molecule has 1 saturated heterocycles. The lowest BCUT2D eigenvalue weighted by Gasteiger charge is -2.28. The maximum atomic E-state index is 11.9. The average molecular weight is 229 g/mol. The Morgan fingerprint density at radius 3 is 2.80 bits per heavy atom. The average Bonchev–Trinajstić information content (AvgIpc) is 2.65. The zero-order chi connectivity index (χ0) is 10.8. The molecule has 0 radical (unpaired) electrons. The van der Waals surface area contributed by atoms with Crippen LogP contribution in [0.1, 0.15) is 29.1 Å². The van der Waals surface area contributed by atoms with Crippen LogP contribution in [0.25, 0.3) is 0 Å². The number of aryl methyl sites for hydroxylation is 1. The monoisotopic (exact) mass is 228 g/mol. The lowest BCUT2D eigenvalue weighted by molar-refractivity contribution is 0.0684. The molecule has 0 bridgehead atoms. The van der Waals surface area contributed by atoms with Crippen LogP contribution < -0.4 is 0 Å². The fourth-order valence-electron chi connectivity index (χ4n) is 1.67. The summed E-state index contributed by atoms with van der Waals surface area (Å²) in [5.74, 6) is 0.236. The van der Waals surface area contributed by atoms with Crippen LogP contribution in [-0.4, -0.2) is 34.4 Å². The van der Waals surface area contributed by atoms with Gasteiger partial charge in [-0.2, -0.15) is 0 Å². The predicted octanol–water partition coefficient (Wildman–Crippen LogP) is 1.83. The van der Waals surface area contributed by atoms with E-state index >= 15 is 0 Å². The zero-order valence-corrected chi connectivity index (χ0v) is 9.33. The van der Waals surface area contributed by atoms with Crippen molar-refractivity contribution < 1.29 is 9.32 Å².